The van der Waals surface area contributed by atoms with E-state index >= 15 is 0 Å². The summed E-state index contributed by atoms with van der Waals surface area (Å²) in [5.41, 5.74) is 0.389. The summed E-state index contributed by atoms with van der Waals surface area (Å²) < 4.78 is 5.45. The van der Waals surface area contributed by atoms with Crippen molar-refractivity contribution in [3.8, 4) is 0 Å². The number of amides is 1. The minimum atomic E-state index is -0.0726. The zero-order chi connectivity index (χ0) is 15.2. The molecule has 1 saturated heterocycles. The molecular weight excluding hydrogens is 268 g/mol. The lowest BCUT2D eigenvalue weighted by Crippen LogP contribution is -2.46. The first-order chi connectivity index (χ1) is 10.2. The normalized spacial score (nSPS) is 22.1. The van der Waals surface area contributed by atoms with Gasteiger partial charge in [0.2, 0.25) is 0 Å². The molecule has 1 aromatic heterocycles. The highest BCUT2D eigenvalue weighted by Gasteiger charge is 2.29. The van der Waals surface area contributed by atoms with Gasteiger partial charge >= 0.3 is 0 Å². The van der Waals surface area contributed by atoms with Gasteiger partial charge < -0.3 is 15.0 Å². The number of ether oxygens (including phenoxy) is 1. The van der Waals surface area contributed by atoms with Gasteiger partial charge in [-0.1, -0.05) is 13.8 Å². The van der Waals surface area contributed by atoms with Gasteiger partial charge in [0.05, 0.1) is 18.5 Å². The molecule has 1 aliphatic heterocycles. The number of hydrogen-bond acceptors (Lipinski definition) is 5. The van der Waals surface area contributed by atoms with Crippen molar-refractivity contribution in [1.82, 2.24) is 14.9 Å². The van der Waals surface area contributed by atoms with E-state index in [1.807, 2.05) is 4.90 Å². The summed E-state index contributed by atoms with van der Waals surface area (Å²) in [5, 5.41) is 3.15. The van der Waals surface area contributed by atoms with E-state index in [4.69, 9.17) is 4.74 Å². The Kier molecular flexibility index (Phi) is 5.50. The number of aromatic nitrogens is 2. The molecule has 0 aromatic carbocycles. The van der Waals surface area contributed by atoms with Crippen LogP contribution in [0.5, 0.6) is 0 Å². The Balaban J connectivity index is 2.05. The van der Waals surface area contributed by atoms with Gasteiger partial charge in [-0.25, -0.2) is 4.98 Å². The summed E-state index contributed by atoms with van der Waals surface area (Å²) >= 11 is 0. The molecule has 1 aromatic rings. The van der Waals surface area contributed by atoms with Gasteiger partial charge in [-0.2, -0.15) is 0 Å². The van der Waals surface area contributed by atoms with E-state index in [0.717, 1.165) is 25.9 Å². The van der Waals surface area contributed by atoms with Gasteiger partial charge in [-0.15, -0.1) is 0 Å². The lowest BCUT2D eigenvalue weighted by molar-refractivity contribution is -0.00178. The van der Waals surface area contributed by atoms with Gasteiger partial charge in [0, 0.05) is 26.7 Å². The second-order valence-corrected chi connectivity index (χ2v) is 5.51. The average Bonchev–Trinajstić information content (AvgIpc) is 2.53. The smallest absolute Gasteiger partial charge is 0.274 e. The van der Waals surface area contributed by atoms with Crippen LogP contribution in [-0.4, -0.2) is 53.6 Å². The number of anilines is 1. The summed E-state index contributed by atoms with van der Waals surface area (Å²) in [7, 11) is 1.70. The zero-order valence-corrected chi connectivity index (χ0v) is 13.0. The average molecular weight is 292 g/mol. The molecule has 1 N–H and O–H groups in total. The standard InChI is InChI=1S/C15H24N4O2/c1-4-6-17-14-9-16-8-12(18-14)15(20)19-7-5-11(2)13(10-19)21-3/h8-9,11,13H,4-7,10H2,1-3H3,(H,17,18). The van der Waals surface area contributed by atoms with Gasteiger partial charge in [0.15, 0.2) is 0 Å². The number of nitrogens with one attached hydrogen (secondary N) is 1. The number of carbonyl (C=O) groups excluding carboxylic acids is 1. The van der Waals surface area contributed by atoms with E-state index in [9.17, 15) is 4.79 Å². The molecule has 0 spiro atoms. The molecule has 6 heteroatoms. The maximum absolute atomic E-state index is 12.5. The first kappa shape index (κ1) is 15.7. The number of nitrogens with zero attached hydrogens (tertiary/aromatic N) is 3. The summed E-state index contributed by atoms with van der Waals surface area (Å²) in [4.78, 5) is 22.8. The Hall–Kier alpha value is -1.69. The van der Waals surface area contributed by atoms with Crippen molar-refractivity contribution in [1.29, 1.82) is 0 Å². The van der Waals surface area contributed by atoms with Crippen LogP contribution in [0.25, 0.3) is 0 Å². The summed E-state index contributed by atoms with van der Waals surface area (Å²) in [6, 6.07) is 0. The quantitative estimate of drug-likeness (QED) is 0.896. The third kappa shape index (κ3) is 3.91. The van der Waals surface area contributed by atoms with Gasteiger partial charge in [0.25, 0.3) is 5.91 Å². The molecule has 2 atom stereocenters. The molecule has 0 aliphatic carbocycles. The molecule has 2 heterocycles. The monoisotopic (exact) mass is 292 g/mol. The fourth-order valence-electron chi connectivity index (χ4n) is 2.49. The van der Waals surface area contributed by atoms with E-state index in [1.54, 1.807) is 13.3 Å². The third-order valence-electron chi connectivity index (χ3n) is 3.89. The number of rotatable bonds is 5. The Morgan fingerprint density at radius 3 is 3.05 bits per heavy atom. The van der Waals surface area contributed by atoms with Crippen molar-refractivity contribution in [2.24, 2.45) is 5.92 Å². The molecular formula is C15H24N4O2. The van der Waals surface area contributed by atoms with E-state index in [2.05, 4.69) is 29.1 Å². The van der Waals surface area contributed by atoms with Crippen LogP contribution in [0.3, 0.4) is 0 Å². The van der Waals surface area contributed by atoms with Crippen molar-refractivity contribution >= 4 is 11.7 Å². The predicted octanol–water partition coefficient (Wildman–Crippen LogP) is 1.80. The minimum absolute atomic E-state index is 0.0726. The largest absolute Gasteiger partial charge is 0.379 e. The van der Waals surface area contributed by atoms with Crippen molar-refractivity contribution in [2.75, 3.05) is 32.1 Å². The second kappa shape index (κ2) is 7.36. The van der Waals surface area contributed by atoms with Crippen LogP contribution in [0, 0.1) is 5.92 Å². The van der Waals surface area contributed by atoms with Gasteiger partial charge in [0.1, 0.15) is 11.5 Å². The fourth-order valence-corrected chi connectivity index (χ4v) is 2.49. The van der Waals surface area contributed by atoms with Crippen LogP contribution < -0.4 is 5.32 Å². The fraction of sp³-hybridized carbons (Fsp3) is 0.667. The van der Waals surface area contributed by atoms with Gasteiger partial charge in [-0.3, -0.25) is 9.78 Å². The molecule has 1 amide bonds. The topological polar surface area (TPSA) is 67.4 Å². The maximum atomic E-state index is 12.5. The molecule has 21 heavy (non-hydrogen) atoms. The molecule has 116 valence electrons. The number of carbonyl (C=O) groups is 1. The van der Waals surface area contributed by atoms with Crippen LogP contribution in [0.1, 0.15) is 37.2 Å². The molecule has 0 saturated carbocycles. The molecule has 1 aliphatic rings. The van der Waals surface area contributed by atoms with E-state index in [0.29, 0.717) is 24.0 Å². The Bertz CT molecular complexity index is 480. The zero-order valence-electron chi connectivity index (χ0n) is 13.0. The lowest BCUT2D eigenvalue weighted by Gasteiger charge is -2.36. The third-order valence-corrected chi connectivity index (χ3v) is 3.89. The van der Waals surface area contributed by atoms with Crippen molar-refractivity contribution in [3.05, 3.63) is 18.1 Å². The first-order valence-corrected chi connectivity index (χ1v) is 7.53. The Morgan fingerprint density at radius 1 is 1.52 bits per heavy atom. The SMILES string of the molecule is CCCNc1cncc(C(=O)N2CCC(C)C(OC)C2)n1. The number of likely N-dealkylation sites (tertiary alicyclic amines) is 1. The van der Waals surface area contributed by atoms with E-state index in [-0.39, 0.29) is 12.0 Å². The van der Waals surface area contributed by atoms with Crippen molar-refractivity contribution in [3.63, 3.8) is 0 Å². The predicted molar refractivity (Wildman–Crippen MR) is 81.3 cm³/mol. The van der Waals surface area contributed by atoms with Crippen LogP contribution in [0.2, 0.25) is 0 Å². The first-order valence-electron chi connectivity index (χ1n) is 7.53. The van der Waals surface area contributed by atoms with Crippen LogP contribution in [0.15, 0.2) is 12.4 Å². The number of methoxy groups -OCH3 is 1. The molecule has 1 fully saturated rings. The van der Waals surface area contributed by atoms with Crippen LogP contribution in [-0.2, 0) is 4.74 Å². The maximum Gasteiger partial charge on any atom is 0.274 e. The molecule has 6 nitrogen and oxygen atoms in total. The summed E-state index contributed by atoms with van der Waals surface area (Å²) in [6.45, 7) is 6.42. The van der Waals surface area contributed by atoms with Crippen molar-refractivity contribution in [2.45, 2.75) is 32.8 Å². The summed E-state index contributed by atoms with van der Waals surface area (Å²) in [6.07, 6.45) is 5.21. The summed E-state index contributed by atoms with van der Waals surface area (Å²) in [5.74, 6) is 1.05. The van der Waals surface area contributed by atoms with Crippen molar-refractivity contribution < 1.29 is 9.53 Å². The number of hydrogen-bond donors (Lipinski definition) is 1. The second-order valence-electron chi connectivity index (χ2n) is 5.51. The molecule has 2 unspecified atom stereocenters. The Labute approximate surface area is 125 Å². The van der Waals surface area contributed by atoms with E-state index < -0.39 is 0 Å². The highest BCUT2D eigenvalue weighted by molar-refractivity contribution is 5.92. The highest BCUT2D eigenvalue weighted by atomic mass is 16.5. The molecule has 0 radical (unpaired) electrons. The molecule has 0 bridgehead atoms. The highest BCUT2D eigenvalue weighted by Crippen LogP contribution is 2.20. The van der Waals surface area contributed by atoms with Crippen LogP contribution >= 0.6 is 0 Å². The van der Waals surface area contributed by atoms with Crippen LogP contribution in [0.4, 0.5) is 5.82 Å². The minimum Gasteiger partial charge on any atom is -0.379 e. The number of piperidine rings is 1. The Morgan fingerprint density at radius 2 is 2.33 bits per heavy atom. The van der Waals surface area contributed by atoms with E-state index in [1.165, 1.54) is 6.20 Å². The van der Waals surface area contributed by atoms with Gasteiger partial charge in [-0.05, 0) is 18.8 Å². The lowest BCUT2D eigenvalue weighted by atomic mass is 9.95. The molecule has 2 rings (SSSR count).